The van der Waals surface area contributed by atoms with Gasteiger partial charge >= 0.3 is 6.18 Å². The molecule has 2 fully saturated rings. The van der Waals surface area contributed by atoms with Crippen molar-refractivity contribution in [1.82, 2.24) is 20.1 Å². The number of hydrogen-bond donors (Lipinski definition) is 3. The second-order valence-electron chi connectivity index (χ2n) is 10.9. The molecule has 0 unspecified atom stereocenters. The van der Waals surface area contributed by atoms with Crippen LogP contribution in [0, 0.1) is 12.9 Å². The van der Waals surface area contributed by atoms with Crippen molar-refractivity contribution in [3.63, 3.8) is 0 Å². The molecular weight excluding hydrogens is 492 g/mol. The average Bonchev–Trinajstić information content (AvgIpc) is 3.10. The highest BCUT2D eigenvalue weighted by Gasteiger charge is 2.44. The maximum Gasteiger partial charge on any atom is 0.418 e. The number of ether oxygens (including phenoxy) is 1. The summed E-state index contributed by atoms with van der Waals surface area (Å²) in [6.07, 6.45) is -2.06. The number of aromatic nitrogens is 3. The van der Waals surface area contributed by atoms with Crippen LogP contribution < -0.4 is 10.1 Å². The molecule has 1 aromatic carbocycles. The van der Waals surface area contributed by atoms with E-state index in [0.29, 0.717) is 12.0 Å². The summed E-state index contributed by atoms with van der Waals surface area (Å²) in [5.74, 6) is -1.16. The zero-order valence-corrected chi connectivity index (χ0v) is 20.8. The fraction of sp³-hybridized carbons (Fsp3) is 0.538. The van der Waals surface area contributed by atoms with Gasteiger partial charge < -0.3 is 20.3 Å². The molecule has 2 aromatic heterocycles. The Bertz CT molecular complexity index is 1300. The fourth-order valence-corrected chi connectivity index (χ4v) is 5.70. The highest BCUT2D eigenvalue weighted by Crippen LogP contribution is 2.45. The Morgan fingerprint density at radius 3 is 2.51 bits per heavy atom. The van der Waals surface area contributed by atoms with Crippen LogP contribution >= 0.6 is 0 Å². The topological polar surface area (TPSA) is 92.4 Å². The summed E-state index contributed by atoms with van der Waals surface area (Å²) in [6.45, 7) is 5.31. The number of aliphatic hydroxyl groups is 2. The number of aryl methyl sites for hydroxylation is 1. The van der Waals surface area contributed by atoms with Crippen LogP contribution in [0.1, 0.15) is 62.4 Å². The monoisotopic (exact) mass is 522 g/mol. The fourth-order valence-electron chi connectivity index (χ4n) is 5.70. The molecule has 1 saturated heterocycles. The van der Waals surface area contributed by atoms with Crippen molar-refractivity contribution < 1.29 is 32.5 Å². The first-order valence-corrected chi connectivity index (χ1v) is 12.3. The van der Waals surface area contributed by atoms with Gasteiger partial charge in [-0.25, -0.2) is 0 Å². The van der Waals surface area contributed by atoms with Crippen LogP contribution in [0.4, 0.5) is 17.6 Å². The first-order chi connectivity index (χ1) is 17.2. The minimum absolute atomic E-state index is 0.0318. The molecule has 0 spiro atoms. The van der Waals surface area contributed by atoms with Gasteiger partial charge in [0.05, 0.1) is 33.7 Å². The lowest BCUT2D eigenvalue weighted by atomic mass is 9.77. The summed E-state index contributed by atoms with van der Waals surface area (Å²) in [5, 5.41) is 28.2. The van der Waals surface area contributed by atoms with E-state index < -0.39 is 34.9 Å². The van der Waals surface area contributed by atoms with Crippen molar-refractivity contribution in [2.45, 2.75) is 82.0 Å². The van der Waals surface area contributed by atoms with E-state index in [9.17, 15) is 27.8 Å². The molecule has 3 heterocycles. The number of pyridine rings is 1. The van der Waals surface area contributed by atoms with E-state index in [1.807, 2.05) is 26.0 Å². The molecule has 0 radical (unpaired) electrons. The van der Waals surface area contributed by atoms with Crippen LogP contribution in [-0.2, 0) is 11.8 Å². The maximum absolute atomic E-state index is 14.8. The third-order valence-corrected chi connectivity index (χ3v) is 7.38. The molecule has 11 heteroatoms. The van der Waals surface area contributed by atoms with Crippen LogP contribution in [0.3, 0.4) is 0 Å². The quantitative estimate of drug-likeness (QED) is 0.431. The molecular formula is C26H30F4N4O3. The molecule has 2 aliphatic rings. The number of fused-ring (bicyclic) bond motifs is 1. The van der Waals surface area contributed by atoms with E-state index in [0.717, 1.165) is 16.4 Å². The minimum Gasteiger partial charge on any atom is -0.492 e. The SMILES string of the molecule is Cc1ccc([C@@]2(O)C[C@@H](COc3cc(C(F)(F)F)c4c(c3)c(F)nn4C3CC(C)(O)C3)N[C@@H](C)C2)cn1. The molecule has 1 saturated carbocycles. The third-order valence-electron chi connectivity index (χ3n) is 7.38. The predicted molar refractivity (Wildman–Crippen MR) is 128 cm³/mol. The van der Waals surface area contributed by atoms with E-state index in [1.165, 1.54) is 6.07 Å². The summed E-state index contributed by atoms with van der Waals surface area (Å²) in [6, 6.07) is 4.74. The van der Waals surface area contributed by atoms with Gasteiger partial charge in [-0.3, -0.25) is 9.67 Å². The van der Waals surface area contributed by atoms with Crippen molar-refractivity contribution in [1.29, 1.82) is 0 Å². The van der Waals surface area contributed by atoms with E-state index in [2.05, 4.69) is 15.4 Å². The van der Waals surface area contributed by atoms with Gasteiger partial charge in [-0.15, -0.1) is 5.10 Å². The molecule has 1 aliphatic heterocycles. The maximum atomic E-state index is 14.8. The van der Waals surface area contributed by atoms with Gasteiger partial charge in [0.2, 0.25) is 5.95 Å². The predicted octanol–water partition coefficient (Wildman–Crippen LogP) is 4.39. The van der Waals surface area contributed by atoms with Crippen molar-refractivity contribution >= 4 is 10.9 Å². The van der Waals surface area contributed by atoms with Gasteiger partial charge in [0.15, 0.2) is 0 Å². The van der Waals surface area contributed by atoms with E-state index in [1.54, 1.807) is 13.1 Å². The van der Waals surface area contributed by atoms with E-state index >= 15 is 0 Å². The number of piperidine rings is 1. The molecule has 5 rings (SSSR count). The lowest BCUT2D eigenvalue weighted by Crippen LogP contribution is -2.53. The van der Waals surface area contributed by atoms with Gasteiger partial charge in [0.25, 0.3) is 0 Å². The number of hydrogen-bond acceptors (Lipinski definition) is 6. The zero-order chi connectivity index (χ0) is 26.8. The molecule has 0 bridgehead atoms. The summed E-state index contributed by atoms with van der Waals surface area (Å²) >= 11 is 0. The first kappa shape index (κ1) is 25.9. The van der Waals surface area contributed by atoms with Crippen molar-refractivity contribution in [3.05, 3.63) is 53.2 Å². The van der Waals surface area contributed by atoms with Crippen molar-refractivity contribution in [2.75, 3.05) is 6.61 Å². The molecule has 3 atom stereocenters. The van der Waals surface area contributed by atoms with Crippen LogP contribution in [0.5, 0.6) is 5.75 Å². The first-order valence-electron chi connectivity index (χ1n) is 12.3. The lowest BCUT2D eigenvalue weighted by Gasteiger charge is -2.41. The van der Waals surface area contributed by atoms with Crippen LogP contribution in [-0.4, -0.2) is 49.3 Å². The van der Waals surface area contributed by atoms with Gasteiger partial charge in [-0.05, 0) is 64.7 Å². The number of halogens is 4. The minimum atomic E-state index is -4.77. The van der Waals surface area contributed by atoms with Gasteiger partial charge in [0.1, 0.15) is 12.4 Å². The third kappa shape index (κ3) is 5.04. The van der Waals surface area contributed by atoms with E-state index in [-0.39, 0.29) is 54.6 Å². The number of rotatable bonds is 5. The summed E-state index contributed by atoms with van der Waals surface area (Å²) < 4.78 is 63.8. The largest absolute Gasteiger partial charge is 0.492 e. The molecule has 200 valence electrons. The Morgan fingerprint density at radius 2 is 1.89 bits per heavy atom. The second kappa shape index (κ2) is 8.92. The lowest BCUT2D eigenvalue weighted by molar-refractivity contribution is -0.136. The Labute approximate surface area is 211 Å². The Hall–Kier alpha value is -2.76. The number of benzene rings is 1. The second-order valence-corrected chi connectivity index (χ2v) is 10.9. The van der Waals surface area contributed by atoms with Gasteiger partial charge in [-0.2, -0.15) is 17.6 Å². The molecule has 37 heavy (non-hydrogen) atoms. The Balaban J connectivity index is 1.40. The zero-order valence-electron chi connectivity index (χ0n) is 20.8. The van der Waals surface area contributed by atoms with E-state index in [4.69, 9.17) is 4.74 Å². The molecule has 3 N–H and O–H groups in total. The smallest absolute Gasteiger partial charge is 0.418 e. The van der Waals surface area contributed by atoms with Crippen molar-refractivity contribution in [2.24, 2.45) is 0 Å². The Kier molecular flexibility index (Phi) is 6.24. The van der Waals surface area contributed by atoms with Gasteiger partial charge in [-0.1, -0.05) is 6.07 Å². The van der Waals surface area contributed by atoms with Crippen molar-refractivity contribution in [3.8, 4) is 5.75 Å². The number of alkyl halides is 3. The highest BCUT2D eigenvalue weighted by molar-refractivity contribution is 5.85. The molecule has 3 aromatic rings. The number of nitrogens with zero attached hydrogens (tertiary/aromatic N) is 3. The summed E-state index contributed by atoms with van der Waals surface area (Å²) in [4.78, 5) is 4.27. The Morgan fingerprint density at radius 1 is 1.16 bits per heavy atom. The average molecular weight is 523 g/mol. The molecule has 1 aliphatic carbocycles. The van der Waals surface area contributed by atoms with Crippen LogP contribution in [0.2, 0.25) is 0 Å². The molecule has 0 amide bonds. The van der Waals surface area contributed by atoms with Crippen LogP contribution in [0.25, 0.3) is 10.9 Å². The standard InChI is InChI=1S/C26H30F4N4O3/c1-14-4-5-16(12-31-14)25(36)8-15(2)32-17(9-25)13-37-19-6-20-22(21(7-19)26(28,29)30)34(33-23(20)27)18-10-24(3,35)11-18/h4-7,12,15,17-18,32,35-36H,8-11,13H2,1-3H3/t15-,17-,18?,24?,25-/m0/s1. The van der Waals surface area contributed by atoms with Crippen LogP contribution in [0.15, 0.2) is 30.5 Å². The number of nitrogens with one attached hydrogen (secondary N) is 1. The summed E-state index contributed by atoms with van der Waals surface area (Å²) in [7, 11) is 0. The normalized spacial score (nSPS) is 30.4. The van der Waals surface area contributed by atoms with Gasteiger partial charge in [0, 0.05) is 29.5 Å². The molecule has 7 nitrogen and oxygen atoms in total. The highest BCUT2D eigenvalue weighted by atomic mass is 19.4. The summed E-state index contributed by atoms with van der Waals surface area (Å²) in [5.41, 5.74) is -2.09.